The second-order valence-electron chi connectivity index (χ2n) is 5.30. The number of benzene rings is 1. The van der Waals surface area contributed by atoms with Gasteiger partial charge in [0.1, 0.15) is 5.82 Å². The Hall–Kier alpha value is -2.21. The van der Waals surface area contributed by atoms with Crippen LogP contribution in [-0.2, 0) is 4.79 Å². The van der Waals surface area contributed by atoms with Gasteiger partial charge in [0.2, 0.25) is 5.91 Å². The van der Waals surface area contributed by atoms with E-state index in [0.29, 0.717) is 24.7 Å². The van der Waals surface area contributed by atoms with E-state index in [-0.39, 0.29) is 5.91 Å². The van der Waals surface area contributed by atoms with Gasteiger partial charge in [0.25, 0.3) is 0 Å². The Bertz CT molecular complexity index is 632. The third kappa shape index (κ3) is 3.46. The molecule has 1 aromatic heterocycles. The summed E-state index contributed by atoms with van der Waals surface area (Å²) in [5.41, 5.74) is 1.68. The smallest absolute Gasteiger partial charge is 0.225 e. The predicted molar refractivity (Wildman–Crippen MR) is 81.0 cm³/mol. The summed E-state index contributed by atoms with van der Waals surface area (Å²) in [6.45, 7) is 0.664. The summed E-state index contributed by atoms with van der Waals surface area (Å²) in [5.74, 6) is 2.20. The zero-order valence-electron chi connectivity index (χ0n) is 12.0. The van der Waals surface area contributed by atoms with Gasteiger partial charge in [-0.3, -0.25) is 9.89 Å². The number of nitrogens with zero attached hydrogens (tertiary/aromatic N) is 2. The zero-order chi connectivity index (χ0) is 14.7. The highest BCUT2D eigenvalue weighted by molar-refractivity contribution is 5.91. The van der Waals surface area contributed by atoms with Crippen LogP contribution in [0.4, 0.5) is 5.69 Å². The molecule has 6 heteroatoms. The van der Waals surface area contributed by atoms with E-state index in [1.54, 1.807) is 0 Å². The molecule has 0 spiro atoms. The van der Waals surface area contributed by atoms with Crippen molar-refractivity contribution in [2.24, 2.45) is 0 Å². The van der Waals surface area contributed by atoms with Crippen molar-refractivity contribution in [3.63, 3.8) is 0 Å². The Morgan fingerprint density at radius 1 is 1.43 bits per heavy atom. The van der Waals surface area contributed by atoms with Crippen molar-refractivity contribution in [2.45, 2.75) is 25.2 Å². The first-order valence-corrected chi connectivity index (χ1v) is 7.23. The van der Waals surface area contributed by atoms with Crippen molar-refractivity contribution in [1.82, 2.24) is 20.5 Å². The minimum atomic E-state index is -0.00448. The molecule has 0 atom stereocenters. The first-order valence-electron chi connectivity index (χ1n) is 7.23. The fourth-order valence-corrected chi connectivity index (χ4v) is 2.14. The molecule has 1 amide bonds. The van der Waals surface area contributed by atoms with Gasteiger partial charge in [-0.1, -0.05) is 12.1 Å². The Morgan fingerprint density at radius 3 is 3.05 bits per heavy atom. The number of anilines is 1. The number of carbonyl (C=O) groups is 1. The lowest BCUT2D eigenvalue weighted by molar-refractivity contribution is -0.116. The molecule has 0 bridgehead atoms. The molecule has 6 nitrogen and oxygen atoms in total. The third-order valence-electron chi connectivity index (χ3n) is 3.47. The summed E-state index contributed by atoms with van der Waals surface area (Å²) < 4.78 is 0. The topological polar surface area (TPSA) is 82.7 Å². The maximum Gasteiger partial charge on any atom is 0.225 e. The number of amides is 1. The molecule has 0 saturated heterocycles. The maximum atomic E-state index is 11.7. The van der Waals surface area contributed by atoms with Gasteiger partial charge < -0.3 is 10.6 Å². The van der Waals surface area contributed by atoms with E-state index in [4.69, 9.17) is 0 Å². The number of aromatic nitrogens is 3. The summed E-state index contributed by atoms with van der Waals surface area (Å²) in [6, 6.07) is 7.62. The van der Waals surface area contributed by atoms with Gasteiger partial charge in [0.15, 0.2) is 5.82 Å². The molecule has 0 radical (unpaired) electrons. The van der Waals surface area contributed by atoms with E-state index in [1.807, 2.05) is 31.3 Å². The lowest BCUT2D eigenvalue weighted by atomic mass is 10.2. The summed E-state index contributed by atoms with van der Waals surface area (Å²) in [6.07, 6.45) is 2.83. The van der Waals surface area contributed by atoms with Crippen LogP contribution in [0.25, 0.3) is 11.4 Å². The molecule has 3 N–H and O–H groups in total. The van der Waals surface area contributed by atoms with Gasteiger partial charge in [-0.15, -0.1) is 0 Å². The standard InChI is InChI=1S/C15H19N5O/c1-16-8-7-13(21)17-12-4-2-3-11(9-12)15-18-14(19-20-15)10-5-6-10/h2-4,9-10,16H,5-8H2,1H3,(H,17,21)(H,18,19,20). The van der Waals surface area contributed by atoms with E-state index in [0.717, 1.165) is 17.1 Å². The van der Waals surface area contributed by atoms with Crippen molar-refractivity contribution in [3.8, 4) is 11.4 Å². The van der Waals surface area contributed by atoms with Crippen molar-refractivity contribution < 1.29 is 4.79 Å². The number of aromatic amines is 1. The van der Waals surface area contributed by atoms with Gasteiger partial charge in [-0.2, -0.15) is 5.10 Å². The maximum absolute atomic E-state index is 11.7. The number of H-pyrrole nitrogens is 1. The van der Waals surface area contributed by atoms with Crippen molar-refractivity contribution in [1.29, 1.82) is 0 Å². The van der Waals surface area contributed by atoms with Gasteiger partial charge in [-0.05, 0) is 32.0 Å². The largest absolute Gasteiger partial charge is 0.326 e. The molecule has 1 heterocycles. The van der Waals surface area contributed by atoms with E-state index in [1.165, 1.54) is 12.8 Å². The third-order valence-corrected chi connectivity index (χ3v) is 3.47. The normalized spacial score (nSPS) is 14.1. The van der Waals surface area contributed by atoms with Crippen LogP contribution >= 0.6 is 0 Å². The van der Waals surface area contributed by atoms with E-state index in [9.17, 15) is 4.79 Å². The van der Waals surface area contributed by atoms with Crippen LogP contribution in [0.1, 0.15) is 31.0 Å². The van der Waals surface area contributed by atoms with E-state index >= 15 is 0 Å². The summed E-state index contributed by atoms with van der Waals surface area (Å²) in [4.78, 5) is 16.3. The second kappa shape index (κ2) is 6.05. The molecular weight excluding hydrogens is 266 g/mol. The van der Waals surface area contributed by atoms with Crippen molar-refractivity contribution in [3.05, 3.63) is 30.1 Å². The number of nitrogens with one attached hydrogen (secondary N) is 3. The molecule has 3 rings (SSSR count). The average molecular weight is 285 g/mol. The first-order chi connectivity index (χ1) is 10.3. The van der Waals surface area contributed by atoms with Crippen molar-refractivity contribution >= 4 is 11.6 Å². The van der Waals surface area contributed by atoms with Gasteiger partial charge in [0.05, 0.1) is 0 Å². The average Bonchev–Trinajstić information content (AvgIpc) is 3.23. The molecule has 1 saturated carbocycles. The Kier molecular flexibility index (Phi) is 3.96. The lowest BCUT2D eigenvalue weighted by Crippen LogP contribution is -2.18. The molecule has 1 aliphatic carbocycles. The highest BCUT2D eigenvalue weighted by atomic mass is 16.1. The quantitative estimate of drug-likeness (QED) is 0.757. The molecule has 110 valence electrons. The number of carbonyl (C=O) groups excluding carboxylic acids is 1. The predicted octanol–water partition coefficient (Wildman–Crippen LogP) is 1.90. The lowest BCUT2D eigenvalue weighted by Gasteiger charge is -2.06. The Labute approximate surface area is 123 Å². The highest BCUT2D eigenvalue weighted by Gasteiger charge is 2.27. The van der Waals surface area contributed by atoms with Crippen LogP contribution in [0.3, 0.4) is 0 Å². The first kappa shape index (κ1) is 13.8. The SMILES string of the molecule is CNCCC(=O)Nc1cccc(-c2n[nH]c(C3CC3)n2)c1. The highest BCUT2D eigenvalue weighted by Crippen LogP contribution is 2.38. The molecule has 1 aliphatic rings. The fraction of sp³-hybridized carbons (Fsp3) is 0.400. The fourth-order valence-electron chi connectivity index (χ4n) is 2.14. The number of hydrogen-bond donors (Lipinski definition) is 3. The van der Waals surface area contributed by atoms with Gasteiger partial charge >= 0.3 is 0 Å². The summed E-state index contributed by atoms with van der Waals surface area (Å²) in [7, 11) is 1.83. The van der Waals surface area contributed by atoms with Crippen LogP contribution < -0.4 is 10.6 Å². The number of rotatable bonds is 6. The monoisotopic (exact) mass is 285 g/mol. The second-order valence-corrected chi connectivity index (χ2v) is 5.30. The molecule has 0 aliphatic heterocycles. The Morgan fingerprint density at radius 2 is 2.29 bits per heavy atom. The Balaban J connectivity index is 1.71. The minimum Gasteiger partial charge on any atom is -0.326 e. The number of hydrogen-bond acceptors (Lipinski definition) is 4. The van der Waals surface area contributed by atoms with Crippen LogP contribution in [0, 0.1) is 0 Å². The molecule has 1 fully saturated rings. The van der Waals surface area contributed by atoms with Crippen molar-refractivity contribution in [2.75, 3.05) is 18.9 Å². The van der Waals surface area contributed by atoms with Gasteiger partial charge in [0, 0.05) is 30.1 Å². The van der Waals surface area contributed by atoms with Crippen LogP contribution in [-0.4, -0.2) is 34.7 Å². The zero-order valence-corrected chi connectivity index (χ0v) is 12.0. The minimum absolute atomic E-state index is 0.00448. The van der Waals surface area contributed by atoms with Gasteiger partial charge in [-0.25, -0.2) is 4.98 Å². The van der Waals surface area contributed by atoms with E-state index < -0.39 is 0 Å². The molecule has 2 aromatic rings. The molecule has 21 heavy (non-hydrogen) atoms. The van der Waals surface area contributed by atoms with Crippen LogP contribution in [0.15, 0.2) is 24.3 Å². The summed E-state index contributed by atoms with van der Waals surface area (Å²) >= 11 is 0. The van der Waals surface area contributed by atoms with E-state index in [2.05, 4.69) is 25.8 Å². The van der Waals surface area contributed by atoms with Crippen LogP contribution in [0.2, 0.25) is 0 Å². The molecule has 0 unspecified atom stereocenters. The molecule has 1 aromatic carbocycles. The summed E-state index contributed by atoms with van der Waals surface area (Å²) in [5, 5.41) is 13.1. The van der Waals surface area contributed by atoms with Crippen LogP contribution in [0.5, 0.6) is 0 Å². The molecular formula is C15H19N5O.